The van der Waals surface area contributed by atoms with Gasteiger partial charge < -0.3 is 4.90 Å². The van der Waals surface area contributed by atoms with Crippen LogP contribution in [0.3, 0.4) is 0 Å². The number of nitrogens with zero attached hydrogens (tertiary/aromatic N) is 3. The standard InChI is InChI=1S/C12H15Cl2N3O/c1-7-3-4-9(6-17(7)8(2)18)12-15-10(13)5-11(14)16-12/h5,7,9H,3-4,6H2,1-2H3/t7-,9+/m0/s1. The molecule has 6 heteroatoms. The van der Waals surface area contributed by atoms with Crippen LogP contribution in [-0.4, -0.2) is 33.4 Å². The molecule has 2 rings (SSSR count). The van der Waals surface area contributed by atoms with Gasteiger partial charge in [0.05, 0.1) is 0 Å². The molecule has 18 heavy (non-hydrogen) atoms. The number of likely N-dealkylation sites (tertiary alicyclic amines) is 1. The number of aromatic nitrogens is 2. The first kappa shape index (κ1) is 13.6. The van der Waals surface area contributed by atoms with Crippen molar-refractivity contribution >= 4 is 29.1 Å². The van der Waals surface area contributed by atoms with Crippen molar-refractivity contribution in [2.24, 2.45) is 0 Å². The van der Waals surface area contributed by atoms with E-state index in [1.807, 2.05) is 4.90 Å². The van der Waals surface area contributed by atoms with Gasteiger partial charge in [-0.3, -0.25) is 4.79 Å². The highest BCUT2D eigenvalue weighted by atomic mass is 35.5. The summed E-state index contributed by atoms with van der Waals surface area (Å²) < 4.78 is 0. The second-order valence-corrected chi connectivity index (χ2v) is 5.44. The van der Waals surface area contributed by atoms with E-state index >= 15 is 0 Å². The van der Waals surface area contributed by atoms with Gasteiger partial charge in [-0.1, -0.05) is 23.2 Å². The van der Waals surface area contributed by atoms with Gasteiger partial charge >= 0.3 is 0 Å². The topological polar surface area (TPSA) is 46.1 Å². The van der Waals surface area contributed by atoms with Crippen LogP contribution in [0.15, 0.2) is 6.07 Å². The molecule has 0 unspecified atom stereocenters. The molecule has 0 aromatic carbocycles. The normalized spacial score (nSPS) is 24.1. The summed E-state index contributed by atoms with van der Waals surface area (Å²) in [5, 5.41) is 0.691. The number of halogens is 2. The summed E-state index contributed by atoms with van der Waals surface area (Å²) >= 11 is 11.8. The van der Waals surface area contributed by atoms with E-state index in [1.165, 1.54) is 6.07 Å². The van der Waals surface area contributed by atoms with E-state index in [9.17, 15) is 4.79 Å². The average Bonchev–Trinajstić information content (AvgIpc) is 2.27. The second-order valence-electron chi connectivity index (χ2n) is 4.67. The first-order valence-electron chi connectivity index (χ1n) is 5.94. The highest BCUT2D eigenvalue weighted by Gasteiger charge is 2.29. The third kappa shape index (κ3) is 2.93. The quantitative estimate of drug-likeness (QED) is 0.746. The SMILES string of the molecule is CC(=O)N1C[C@H](c2nc(Cl)cc(Cl)n2)CC[C@@H]1C. The van der Waals surface area contributed by atoms with E-state index in [0.29, 0.717) is 22.7 Å². The molecule has 1 fully saturated rings. The zero-order chi connectivity index (χ0) is 13.3. The maximum absolute atomic E-state index is 11.6. The van der Waals surface area contributed by atoms with E-state index in [1.54, 1.807) is 6.92 Å². The Morgan fingerprint density at radius 1 is 1.33 bits per heavy atom. The molecule has 0 N–H and O–H groups in total. The third-order valence-corrected chi connectivity index (χ3v) is 3.72. The number of carbonyl (C=O) groups excluding carboxylic acids is 1. The molecule has 0 aliphatic carbocycles. The molecular weight excluding hydrogens is 273 g/mol. The van der Waals surface area contributed by atoms with Crippen molar-refractivity contribution in [3.05, 3.63) is 22.2 Å². The maximum Gasteiger partial charge on any atom is 0.219 e. The lowest BCUT2D eigenvalue weighted by Crippen LogP contribution is -2.44. The Morgan fingerprint density at radius 2 is 1.94 bits per heavy atom. The van der Waals surface area contributed by atoms with Crippen LogP contribution in [0.5, 0.6) is 0 Å². The van der Waals surface area contributed by atoms with E-state index < -0.39 is 0 Å². The summed E-state index contributed by atoms with van der Waals surface area (Å²) in [6.07, 6.45) is 1.89. The van der Waals surface area contributed by atoms with Crippen LogP contribution in [0.2, 0.25) is 10.3 Å². The molecule has 0 spiro atoms. The van der Waals surface area contributed by atoms with Gasteiger partial charge in [0.1, 0.15) is 16.1 Å². The van der Waals surface area contributed by atoms with Gasteiger partial charge in [-0.25, -0.2) is 9.97 Å². The summed E-state index contributed by atoms with van der Waals surface area (Å²) in [4.78, 5) is 21.8. The highest BCUT2D eigenvalue weighted by molar-refractivity contribution is 6.33. The Hall–Kier alpha value is -0.870. The van der Waals surface area contributed by atoms with Crippen molar-refractivity contribution in [1.29, 1.82) is 0 Å². The predicted octanol–water partition coefficient (Wildman–Crippen LogP) is 2.90. The maximum atomic E-state index is 11.6. The summed E-state index contributed by atoms with van der Waals surface area (Å²) in [6, 6.07) is 1.79. The molecule has 1 aliphatic heterocycles. The molecule has 0 bridgehead atoms. The Morgan fingerprint density at radius 3 is 2.50 bits per heavy atom. The highest BCUT2D eigenvalue weighted by Crippen LogP contribution is 2.29. The number of hydrogen-bond acceptors (Lipinski definition) is 3. The van der Waals surface area contributed by atoms with Gasteiger partial charge in [0.15, 0.2) is 0 Å². The first-order chi connectivity index (χ1) is 8.47. The predicted molar refractivity (Wildman–Crippen MR) is 70.9 cm³/mol. The zero-order valence-corrected chi connectivity index (χ0v) is 11.9. The zero-order valence-electron chi connectivity index (χ0n) is 10.4. The lowest BCUT2D eigenvalue weighted by atomic mass is 9.92. The van der Waals surface area contributed by atoms with Crippen molar-refractivity contribution in [3.63, 3.8) is 0 Å². The summed E-state index contributed by atoms with van der Waals surface area (Å²) in [6.45, 7) is 4.28. The van der Waals surface area contributed by atoms with Crippen LogP contribution in [-0.2, 0) is 4.79 Å². The minimum absolute atomic E-state index is 0.0836. The Balaban J connectivity index is 2.21. The molecule has 2 heterocycles. The Kier molecular flexibility index (Phi) is 4.07. The van der Waals surface area contributed by atoms with Gasteiger partial charge in [-0.15, -0.1) is 0 Å². The molecule has 98 valence electrons. The van der Waals surface area contributed by atoms with Crippen molar-refractivity contribution in [2.75, 3.05) is 6.54 Å². The molecule has 1 saturated heterocycles. The summed E-state index contributed by atoms with van der Waals surface area (Å²) in [7, 11) is 0. The van der Waals surface area contributed by atoms with E-state index in [0.717, 1.165) is 12.8 Å². The monoisotopic (exact) mass is 287 g/mol. The van der Waals surface area contributed by atoms with Gasteiger partial charge in [-0.05, 0) is 19.8 Å². The lowest BCUT2D eigenvalue weighted by molar-refractivity contribution is -0.132. The van der Waals surface area contributed by atoms with Gasteiger partial charge in [-0.2, -0.15) is 0 Å². The van der Waals surface area contributed by atoms with E-state index in [-0.39, 0.29) is 17.9 Å². The number of piperidine rings is 1. The van der Waals surface area contributed by atoms with Crippen LogP contribution in [0.4, 0.5) is 0 Å². The molecular formula is C12H15Cl2N3O. The fraction of sp³-hybridized carbons (Fsp3) is 0.583. The van der Waals surface area contributed by atoms with E-state index in [4.69, 9.17) is 23.2 Å². The third-order valence-electron chi connectivity index (χ3n) is 3.33. The van der Waals surface area contributed by atoms with E-state index in [2.05, 4.69) is 16.9 Å². The lowest BCUT2D eigenvalue weighted by Gasteiger charge is -2.36. The molecule has 0 saturated carbocycles. The smallest absolute Gasteiger partial charge is 0.219 e. The Labute approximate surface area is 116 Å². The van der Waals surface area contributed by atoms with Crippen LogP contribution in [0, 0.1) is 0 Å². The molecule has 1 aliphatic rings. The van der Waals surface area contributed by atoms with Gasteiger partial charge in [0.2, 0.25) is 5.91 Å². The number of hydrogen-bond donors (Lipinski definition) is 0. The molecule has 1 amide bonds. The minimum atomic E-state index is 0.0836. The molecule has 0 radical (unpaired) electrons. The molecule has 2 atom stereocenters. The van der Waals surface area contributed by atoms with Crippen LogP contribution < -0.4 is 0 Å². The summed E-state index contributed by atoms with van der Waals surface area (Å²) in [5.74, 6) is 0.826. The van der Waals surface area contributed by atoms with Crippen molar-refractivity contribution in [1.82, 2.24) is 14.9 Å². The fourth-order valence-electron chi connectivity index (χ4n) is 2.35. The number of rotatable bonds is 1. The number of carbonyl (C=O) groups is 1. The van der Waals surface area contributed by atoms with Crippen molar-refractivity contribution in [2.45, 2.75) is 38.6 Å². The fourth-order valence-corrected chi connectivity index (χ4v) is 2.78. The Bertz CT molecular complexity index is 446. The average molecular weight is 288 g/mol. The first-order valence-corrected chi connectivity index (χ1v) is 6.70. The van der Waals surface area contributed by atoms with Gasteiger partial charge in [0, 0.05) is 31.5 Å². The second kappa shape index (κ2) is 5.41. The molecule has 1 aromatic heterocycles. The minimum Gasteiger partial charge on any atom is -0.340 e. The molecule has 4 nitrogen and oxygen atoms in total. The number of amides is 1. The van der Waals surface area contributed by atoms with Crippen molar-refractivity contribution in [3.8, 4) is 0 Å². The molecule has 1 aromatic rings. The van der Waals surface area contributed by atoms with Crippen LogP contribution in [0.25, 0.3) is 0 Å². The van der Waals surface area contributed by atoms with Crippen LogP contribution >= 0.6 is 23.2 Å². The van der Waals surface area contributed by atoms with Crippen LogP contribution in [0.1, 0.15) is 38.4 Å². The largest absolute Gasteiger partial charge is 0.340 e. The van der Waals surface area contributed by atoms with Crippen molar-refractivity contribution < 1.29 is 4.79 Å². The summed E-state index contributed by atoms with van der Waals surface area (Å²) in [5.41, 5.74) is 0. The van der Waals surface area contributed by atoms with Gasteiger partial charge in [0.25, 0.3) is 0 Å².